The van der Waals surface area contributed by atoms with Gasteiger partial charge in [0.1, 0.15) is 0 Å². The molecule has 2 atom stereocenters. The smallest absolute Gasteiger partial charge is 0.238 e. The van der Waals surface area contributed by atoms with Gasteiger partial charge in [0.15, 0.2) is 0 Å². The molecule has 1 amide bonds. The molecule has 2 rings (SSSR count). The highest BCUT2D eigenvalue weighted by molar-refractivity contribution is 6.34. The molecule has 6 nitrogen and oxygen atoms in total. The van der Waals surface area contributed by atoms with Crippen LogP contribution in [-0.4, -0.2) is 52.9 Å². The molecule has 1 aliphatic rings. The Hall–Kier alpha value is -1.34. The Kier molecular flexibility index (Phi) is 4.26. The number of benzene rings is 1. The van der Waals surface area contributed by atoms with Crippen molar-refractivity contribution < 1.29 is 15.0 Å². The Morgan fingerprint density at radius 1 is 1.42 bits per heavy atom. The molecule has 5 N–H and O–H groups in total. The van der Waals surface area contributed by atoms with Crippen molar-refractivity contribution in [3.8, 4) is 0 Å². The van der Waals surface area contributed by atoms with Crippen molar-refractivity contribution in [2.24, 2.45) is 0 Å². The van der Waals surface area contributed by atoms with Crippen LogP contribution in [0.15, 0.2) is 18.2 Å². The summed E-state index contributed by atoms with van der Waals surface area (Å²) in [5, 5.41) is 21.8. The number of halogens is 1. The normalized spacial score (nSPS) is 23.5. The second-order valence-corrected chi connectivity index (χ2v) is 5.02. The van der Waals surface area contributed by atoms with Crippen LogP contribution in [0.25, 0.3) is 0 Å². The number of aliphatic hydroxyl groups is 2. The van der Waals surface area contributed by atoms with E-state index in [2.05, 4.69) is 5.32 Å². The molecule has 0 radical (unpaired) electrons. The van der Waals surface area contributed by atoms with E-state index in [0.29, 0.717) is 16.4 Å². The Morgan fingerprint density at radius 2 is 2.05 bits per heavy atom. The molecule has 19 heavy (non-hydrogen) atoms. The number of hydrogen-bond acceptors (Lipinski definition) is 5. The second-order valence-electron chi connectivity index (χ2n) is 4.62. The number of amides is 1. The number of anilines is 2. The third kappa shape index (κ3) is 3.57. The lowest BCUT2D eigenvalue weighted by Gasteiger charge is -2.14. The summed E-state index contributed by atoms with van der Waals surface area (Å²) in [4.78, 5) is 13.5. The van der Waals surface area contributed by atoms with Crippen molar-refractivity contribution >= 4 is 28.9 Å². The van der Waals surface area contributed by atoms with Gasteiger partial charge in [-0.25, -0.2) is 0 Å². The molecule has 0 aromatic heterocycles. The molecule has 1 saturated heterocycles. The monoisotopic (exact) mass is 285 g/mol. The number of likely N-dealkylation sites (tertiary alicyclic amines) is 1. The minimum Gasteiger partial charge on any atom is -0.399 e. The van der Waals surface area contributed by atoms with Gasteiger partial charge < -0.3 is 21.3 Å². The fraction of sp³-hybridized carbons (Fsp3) is 0.417. The zero-order valence-electron chi connectivity index (χ0n) is 10.2. The highest BCUT2D eigenvalue weighted by Crippen LogP contribution is 2.24. The number of aliphatic hydroxyl groups excluding tert-OH is 2. The van der Waals surface area contributed by atoms with Crippen molar-refractivity contribution in [2.75, 3.05) is 30.7 Å². The topological polar surface area (TPSA) is 98.8 Å². The fourth-order valence-corrected chi connectivity index (χ4v) is 2.24. The predicted molar refractivity (Wildman–Crippen MR) is 72.9 cm³/mol. The van der Waals surface area contributed by atoms with Gasteiger partial charge in [-0.3, -0.25) is 9.69 Å². The maximum Gasteiger partial charge on any atom is 0.238 e. The SMILES string of the molecule is Nc1ccc(NC(=O)CN2CC(O)C(O)C2)c(Cl)c1. The van der Waals surface area contributed by atoms with Gasteiger partial charge in [-0.05, 0) is 18.2 Å². The van der Waals surface area contributed by atoms with Crippen molar-refractivity contribution in [3.63, 3.8) is 0 Å². The van der Waals surface area contributed by atoms with Gasteiger partial charge in [-0.1, -0.05) is 11.6 Å². The standard InChI is InChI=1S/C12H16ClN3O3/c13-8-3-7(14)1-2-9(8)15-12(19)6-16-4-10(17)11(18)5-16/h1-3,10-11,17-18H,4-6,14H2,(H,15,19). The van der Waals surface area contributed by atoms with Crippen LogP contribution in [0.3, 0.4) is 0 Å². The number of carbonyl (C=O) groups is 1. The lowest BCUT2D eigenvalue weighted by atomic mass is 10.3. The van der Waals surface area contributed by atoms with Gasteiger partial charge >= 0.3 is 0 Å². The number of hydrogen-bond donors (Lipinski definition) is 4. The second kappa shape index (κ2) is 5.75. The molecule has 104 valence electrons. The first-order valence-corrected chi connectivity index (χ1v) is 6.27. The van der Waals surface area contributed by atoms with Crippen LogP contribution in [0.4, 0.5) is 11.4 Å². The van der Waals surface area contributed by atoms with E-state index in [4.69, 9.17) is 17.3 Å². The average molecular weight is 286 g/mol. The van der Waals surface area contributed by atoms with Crippen LogP contribution in [0.5, 0.6) is 0 Å². The number of nitrogens with two attached hydrogens (primary N) is 1. The zero-order valence-corrected chi connectivity index (χ0v) is 11.0. The molecular formula is C12H16ClN3O3. The van der Waals surface area contributed by atoms with Crippen molar-refractivity contribution in [3.05, 3.63) is 23.2 Å². The van der Waals surface area contributed by atoms with Crippen molar-refractivity contribution in [1.29, 1.82) is 0 Å². The lowest BCUT2D eigenvalue weighted by molar-refractivity contribution is -0.117. The number of carbonyl (C=O) groups excluding carboxylic acids is 1. The number of nitrogens with one attached hydrogen (secondary N) is 1. The van der Waals surface area contributed by atoms with Gasteiger partial charge in [0, 0.05) is 18.8 Å². The molecule has 2 unspecified atom stereocenters. The van der Waals surface area contributed by atoms with Crippen LogP contribution >= 0.6 is 11.6 Å². The van der Waals surface area contributed by atoms with E-state index in [1.807, 2.05) is 0 Å². The van der Waals surface area contributed by atoms with Crippen LogP contribution in [0.2, 0.25) is 5.02 Å². The summed E-state index contributed by atoms with van der Waals surface area (Å²) in [6.45, 7) is 0.656. The quantitative estimate of drug-likeness (QED) is 0.581. The number of nitrogen functional groups attached to an aromatic ring is 1. The Bertz CT molecular complexity index is 473. The summed E-state index contributed by atoms with van der Waals surface area (Å²) < 4.78 is 0. The van der Waals surface area contributed by atoms with E-state index in [9.17, 15) is 15.0 Å². The van der Waals surface area contributed by atoms with Crippen molar-refractivity contribution in [2.45, 2.75) is 12.2 Å². The van der Waals surface area contributed by atoms with Gasteiger partial charge in [0.2, 0.25) is 5.91 Å². The summed E-state index contributed by atoms with van der Waals surface area (Å²) in [6.07, 6.45) is -1.60. The van der Waals surface area contributed by atoms with E-state index in [0.717, 1.165) is 0 Å². The first-order valence-electron chi connectivity index (χ1n) is 5.89. The minimum atomic E-state index is -0.798. The van der Waals surface area contributed by atoms with Crippen LogP contribution in [0.1, 0.15) is 0 Å². The van der Waals surface area contributed by atoms with E-state index < -0.39 is 12.2 Å². The Balaban J connectivity index is 1.91. The number of rotatable bonds is 3. The van der Waals surface area contributed by atoms with Crippen LogP contribution in [-0.2, 0) is 4.79 Å². The van der Waals surface area contributed by atoms with Crippen molar-refractivity contribution in [1.82, 2.24) is 4.90 Å². The van der Waals surface area contributed by atoms with E-state index in [1.54, 1.807) is 23.1 Å². The van der Waals surface area contributed by atoms with Gasteiger partial charge in [-0.15, -0.1) is 0 Å². The van der Waals surface area contributed by atoms with Gasteiger partial charge in [-0.2, -0.15) is 0 Å². The summed E-state index contributed by atoms with van der Waals surface area (Å²) in [5.74, 6) is -0.257. The largest absolute Gasteiger partial charge is 0.399 e. The third-order valence-electron chi connectivity index (χ3n) is 2.97. The van der Waals surface area contributed by atoms with Crippen LogP contribution < -0.4 is 11.1 Å². The molecule has 1 aromatic carbocycles. The lowest BCUT2D eigenvalue weighted by Crippen LogP contribution is -2.32. The molecule has 1 fully saturated rings. The van der Waals surface area contributed by atoms with Crippen LogP contribution in [0, 0.1) is 0 Å². The maximum atomic E-state index is 11.8. The summed E-state index contributed by atoms with van der Waals surface area (Å²) in [5.41, 5.74) is 6.57. The molecule has 7 heteroatoms. The average Bonchev–Trinajstić information content (AvgIpc) is 2.62. The maximum absolute atomic E-state index is 11.8. The van der Waals surface area contributed by atoms with Gasteiger partial charge in [0.05, 0.1) is 29.5 Å². The fourth-order valence-electron chi connectivity index (χ4n) is 2.00. The molecule has 1 aliphatic heterocycles. The van der Waals surface area contributed by atoms with E-state index in [-0.39, 0.29) is 25.5 Å². The minimum absolute atomic E-state index is 0.0921. The highest BCUT2D eigenvalue weighted by atomic mass is 35.5. The molecule has 0 bridgehead atoms. The highest BCUT2D eigenvalue weighted by Gasteiger charge is 2.30. The molecule has 0 saturated carbocycles. The molecule has 0 aliphatic carbocycles. The Morgan fingerprint density at radius 3 is 2.63 bits per heavy atom. The molecule has 1 heterocycles. The molecule has 0 spiro atoms. The summed E-state index contributed by atoms with van der Waals surface area (Å²) >= 11 is 5.95. The number of nitrogens with zero attached hydrogens (tertiary/aromatic N) is 1. The Labute approximate surface area is 115 Å². The zero-order chi connectivity index (χ0) is 14.0. The van der Waals surface area contributed by atoms with Gasteiger partial charge in [0.25, 0.3) is 0 Å². The molecule has 1 aromatic rings. The number of β-amino-alcohol motifs (C(OH)–C–C–N with tert-alkyl or cyclic N) is 2. The summed E-state index contributed by atoms with van der Waals surface area (Å²) in [7, 11) is 0. The molecular weight excluding hydrogens is 270 g/mol. The first kappa shape index (κ1) is 14.1. The summed E-state index contributed by atoms with van der Waals surface area (Å²) in [6, 6.07) is 4.83. The van der Waals surface area contributed by atoms with E-state index >= 15 is 0 Å². The third-order valence-corrected chi connectivity index (χ3v) is 3.28. The predicted octanol–water partition coefficient (Wildman–Crippen LogP) is -0.102. The van der Waals surface area contributed by atoms with E-state index in [1.165, 1.54) is 0 Å². The first-order chi connectivity index (χ1) is 8.95.